The van der Waals surface area contributed by atoms with Crippen LogP contribution < -0.4 is 0 Å². The van der Waals surface area contributed by atoms with Crippen molar-refractivity contribution in [1.29, 1.82) is 0 Å². The maximum absolute atomic E-state index is 5.87. The predicted molar refractivity (Wildman–Crippen MR) is 69.8 cm³/mol. The van der Waals surface area contributed by atoms with Gasteiger partial charge in [0.15, 0.2) is 0 Å². The largest absolute Gasteiger partial charge is 0.378 e. The van der Waals surface area contributed by atoms with E-state index < -0.39 is 0 Å². The fourth-order valence-corrected chi connectivity index (χ4v) is 2.28. The summed E-state index contributed by atoms with van der Waals surface area (Å²) < 4.78 is 5.87. The molecular weight excluding hydrogens is 198 g/mol. The Bertz CT molecular complexity index is 135. The minimum atomic E-state index is 0.550. The summed E-state index contributed by atoms with van der Waals surface area (Å²) in [5.41, 5.74) is 0. The molecule has 0 amide bonds. The van der Waals surface area contributed by atoms with E-state index in [1.54, 1.807) is 0 Å². The first-order valence-electron chi connectivity index (χ1n) is 7.20. The summed E-state index contributed by atoms with van der Waals surface area (Å²) in [5, 5.41) is 0. The van der Waals surface area contributed by atoms with Gasteiger partial charge in [-0.15, -0.1) is 0 Å². The van der Waals surface area contributed by atoms with Crippen LogP contribution in [0.2, 0.25) is 0 Å². The van der Waals surface area contributed by atoms with Gasteiger partial charge in [0, 0.05) is 19.7 Å². The van der Waals surface area contributed by atoms with E-state index in [4.69, 9.17) is 4.74 Å². The number of hydrogen-bond acceptors (Lipinski definition) is 2. The molecule has 2 heteroatoms. The molecule has 1 rings (SSSR count). The van der Waals surface area contributed by atoms with Crippen molar-refractivity contribution in [3.63, 3.8) is 0 Å². The SMILES string of the molecule is CCCCCN1CCC(OCCCC)CC1. The van der Waals surface area contributed by atoms with Gasteiger partial charge in [-0.3, -0.25) is 0 Å². The first kappa shape index (κ1) is 14.0. The Morgan fingerprint density at radius 3 is 2.31 bits per heavy atom. The van der Waals surface area contributed by atoms with Crippen LogP contribution in [0.25, 0.3) is 0 Å². The van der Waals surface area contributed by atoms with Gasteiger partial charge in [0.05, 0.1) is 6.10 Å². The van der Waals surface area contributed by atoms with Gasteiger partial charge in [-0.25, -0.2) is 0 Å². The molecule has 0 saturated carbocycles. The molecule has 1 heterocycles. The monoisotopic (exact) mass is 227 g/mol. The molecule has 0 radical (unpaired) electrons. The van der Waals surface area contributed by atoms with Gasteiger partial charge in [-0.2, -0.15) is 0 Å². The van der Waals surface area contributed by atoms with Gasteiger partial charge in [-0.05, 0) is 32.2 Å². The van der Waals surface area contributed by atoms with E-state index in [2.05, 4.69) is 18.7 Å². The van der Waals surface area contributed by atoms with E-state index in [1.165, 1.54) is 64.6 Å². The third-order valence-electron chi connectivity index (χ3n) is 3.46. The van der Waals surface area contributed by atoms with E-state index in [9.17, 15) is 0 Å². The highest BCUT2D eigenvalue weighted by Crippen LogP contribution is 2.14. The second-order valence-electron chi connectivity index (χ2n) is 4.97. The van der Waals surface area contributed by atoms with Gasteiger partial charge in [0.25, 0.3) is 0 Å². The van der Waals surface area contributed by atoms with Gasteiger partial charge < -0.3 is 9.64 Å². The molecule has 0 aromatic heterocycles. The molecular formula is C14H29NO. The van der Waals surface area contributed by atoms with Crippen molar-refractivity contribution in [3.8, 4) is 0 Å². The van der Waals surface area contributed by atoms with E-state index in [-0.39, 0.29) is 0 Å². The lowest BCUT2D eigenvalue weighted by Gasteiger charge is -2.31. The lowest BCUT2D eigenvalue weighted by atomic mass is 10.1. The Hall–Kier alpha value is -0.0800. The van der Waals surface area contributed by atoms with Crippen molar-refractivity contribution in [2.45, 2.75) is 64.9 Å². The van der Waals surface area contributed by atoms with Crippen LogP contribution in [0.4, 0.5) is 0 Å². The minimum absolute atomic E-state index is 0.550. The van der Waals surface area contributed by atoms with Crippen molar-refractivity contribution < 1.29 is 4.74 Å². The molecule has 0 spiro atoms. The molecule has 0 atom stereocenters. The average Bonchev–Trinajstić information content (AvgIpc) is 2.32. The second-order valence-corrected chi connectivity index (χ2v) is 4.97. The Labute approximate surface area is 101 Å². The molecule has 1 aliphatic rings. The summed E-state index contributed by atoms with van der Waals surface area (Å²) in [4.78, 5) is 2.61. The number of nitrogens with zero attached hydrogens (tertiary/aromatic N) is 1. The van der Waals surface area contributed by atoms with E-state index in [0.29, 0.717) is 6.10 Å². The highest BCUT2D eigenvalue weighted by molar-refractivity contribution is 4.72. The maximum Gasteiger partial charge on any atom is 0.0599 e. The zero-order chi connectivity index (χ0) is 11.6. The van der Waals surface area contributed by atoms with Crippen LogP contribution in [0.15, 0.2) is 0 Å². The average molecular weight is 227 g/mol. The summed E-state index contributed by atoms with van der Waals surface area (Å²) in [6.07, 6.45) is 9.59. The molecule has 1 fully saturated rings. The lowest BCUT2D eigenvalue weighted by Crippen LogP contribution is -2.37. The van der Waals surface area contributed by atoms with Crippen molar-refractivity contribution in [3.05, 3.63) is 0 Å². The lowest BCUT2D eigenvalue weighted by molar-refractivity contribution is 0.00614. The van der Waals surface area contributed by atoms with Crippen molar-refractivity contribution in [2.24, 2.45) is 0 Å². The van der Waals surface area contributed by atoms with Crippen molar-refractivity contribution >= 4 is 0 Å². The molecule has 16 heavy (non-hydrogen) atoms. The van der Waals surface area contributed by atoms with Gasteiger partial charge >= 0.3 is 0 Å². The number of likely N-dealkylation sites (tertiary alicyclic amines) is 1. The van der Waals surface area contributed by atoms with Crippen molar-refractivity contribution in [2.75, 3.05) is 26.2 Å². The number of rotatable bonds is 8. The number of ether oxygens (including phenoxy) is 1. The topological polar surface area (TPSA) is 12.5 Å². The van der Waals surface area contributed by atoms with Crippen LogP contribution >= 0.6 is 0 Å². The molecule has 0 aromatic rings. The van der Waals surface area contributed by atoms with Crippen LogP contribution in [0.5, 0.6) is 0 Å². The summed E-state index contributed by atoms with van der Waals surface area (Å²) in [6.45, 7) is 9.26. The summed E-state index contributed by atoms with van der Waals surface area (Å²) in [5.74, 6) is 0. The van der Waals surface area contributed by atoms with Gasteiger partial charge in [0.2, 0.25) is 0 Å². The van der Waals surface area contributed by atoms with Gasteiger partial charge in [-0.1, -0.05) is 33.1 Å². The summed E-state index contributed by atoms with van der Waals surface area (Å²) >= 11 is 0. The number of piperidine rings is 1. The van der Waals surface area contributed by atoms with E-state index >= 15 is 0 Å². The first-order chi connectivity index (χ1) is 7.86. The molecule has 0 aromatic carbocycles. The molecule has 0 bridgehead atoms. The third kappa shape index (κ3) is 5.86. The van der Waals surface area contributed by atoms with Crippen LogP contribution in [0.3, 0.4) is 0 Å². The Morgan fingerprint density at radius 1 is 1.00 bits per heavy atom. The Morgan fingerprint density at radius 2 is 1.69 bits per heavy atom. The van der Waals surface area contributed by atoms with E-state index in [1.807, 2.05) is 0 Å². The molecule has 0 unspecified atom stereocenters. The summed E-state index contributed by atoms with van der Waals surface area (Å²) in [7, 11) is 0. The van der Waals surface area contributed by atoms with Crippen LogP contribution in [0, 0.1) is 0 Å². The maximum atomic E-state index is 5.87. The molecule has 2 nitrogen and oxygen atoms in total. The molecule has 1 aliphatic heterocycles. The quantitative estimate of drug-likeness (QED) is 0.589. The fraction of sp³-hybridized carbons (Fsp3) is 1.00. The normalized spacial score (nSPS) is 19.1. The Balaban J connectivity index is 2.00. The van der Waals surface area contributed by atoms with Crippen LogP contribution in [0.1, 0.15) is 58.8 Å². The molecule has 0 aliphatic carbocycles. The minimum Gasteiger partial charge on any atom is -0.378 e. The van der Waals surface area contributed by atoms with Crippen LogP contribution in [-0.4, -0.2) is 37.2 Å². The van der Waals surface area contributed by atoms with E-state index in [0.717, 1.165) is 6.61 Å². The standard InChI is InChI=1S/C14H29NO/c1-3-5-7-10-15-11-8-14(9-12-15)16-13-6-4-2/h14H,3-13H2,1-2H3. The molecule has 1 saturated heterocycles. The predicted octanol–water partition coefficient (Wildman–Crippen LogP) is 3.46. The summed E-state index contributed by atoms with van der Waals surface area (Å²) in [6, 6.07) is 0. The van der Waals surface area contributed by atoms with Crippen molar-refractivity contribution in [1.82, 2.24) is 4.90 Å². The first-order valence-corrected chi connectivity index (χ1v) is 7.20. The molecule has 96 valence electrons. The molecule has 0 N–H and O–H groups in total. The second kappa shape index (κ2) is 9.00. The highest BCUT2D eigenvalue weighted by Gasteiger charge is 2.18. The Kier molecular flexibility index (Phi) is 7.87. The highest BCUT2D eigenvalue weighted by atomic mass is 16.5. The van der Waals surface area contributed by atoms with Crippen LogP contribution in [-0.2, 0) is 4.74 Å². The van der Waals surface area contributed by atoms with Gasteiger partial charge in [0.1, 0.15) is 0 Å². The number of unbranched alkanes of at least 4 members (excludes halogenated alkanes) is 3. The zero-order valence-corrected chi connectivity index (χ0v) is 11.2. The fourth-order valence-electron chi connectivity index (χ4n) is 2.28. The zero-order valence-electron chi connectivity index (χ0n) is 11.2. The smallest absolute Gasteiger partial charge is 0.0599 e. The number of hydrogen-bond donors (Lipinski definition) is 0. The third-order valence-corrected chi connectivity index (χ3v) is 3.46.